The first-order valence-electron chi connectivity index (χ1n) is 9.16. The number of methoxy groups -OCH3 is 1. The van der Waals surface area contributed by atoms with Crippen LogP contribution >= 0.6 is 0 Å². The third-order valence-corrected chi connectivity index (χ3v) is 4.34. The van der Waals surface area contributed by atoms with Crippen molar-refractivity contribution < 1.29 is 14.3 Å². The Kier molecular flexibility index (Phi) is 6.65. The second-order valence-corrected chi connectivity index (χ2v) is 6.33. The van der Waals surface area contributed by atoms with Gasteiger partial charge in [0.05, 0.1) is 7.11 Å². The second-order valence-electron chi connectivity index (χ2n) is 6.33. The number of nitrogens with two attached hydrogens (primary N) is 1. The van der Waals surface area contributed by atoms with Gasteiger partial charge in [0.15, 0.2) is 0 Å². The Bertz CT molecular complexity index is 906. The predicted octanol–water partition coefficient (Wildman–Crippen LogP) is 3.92. The van der Waals surface area contributed by atoms with Crippen molar-refractivity contribution in [3.8, 4) is 17.2 Å². The minimum absolute atomic E-state index is 0.0882. The van der Waals surface area contributed by atoms with E-state index in [-0.39, 0.29) is 5.91 Å². The normalized spacial score (nSPS) is 10.4. The summed E-state index contributed by atoms with van der Waals surface area (Å²) in [6, 6.07) is 22.7. The van der Waals surface area contributed by atoms with Crippen LogP contribution in [0, 0.1) is 0 Å². The fraction of sp³-hybridized carbons (Fsp3) is 0.174. The molecule has 144 valence electrons. The summed E-state index contributed by atoms with van der Waals surface area (Å²) >= 11 is 0. The van der Waals surface area contributed by atoms with Crippen molar-refractivity contribution in [1.82, 2.24) is 5.32 Å². The monoisotopic (exact) mass is 376 g/mol. The van der Waals surface area contributed by atoms with E-state index < -0.39 is 0 Å². The molecule has 3 aromatic carbocycles. The van der Waals surface area contributed by atoms with Gasteiger partial charge in [0.1, 0.15) is 17.2 Å². The van der Waals surface area contributed by atoms with Gasteiger partial charge >= 0.3 is 0 Å². The quantitative estimate of drug-likeness (QED) is 0.625. The molecule has 0 bridgehead atoms. The summed E-state index contributed by atoms with van der Waals surface area (Å²) in [6.07, 6.45) is 0.741. The Morgan fingerprint density at radius 3 is 2.18 bits per heavy atom. The standard InChI is InChI=1S/C23H24N2O3/c1-27-20-9-11-22(12-10-20)28-21-7-5-17(6-8-21)13-14-25-23(26)19-4-2-3-18(15-19)16-24/h2-12,15H,13-14,16,24H2,1H3,(H,25,26). The van der Waals surface area contributed by atoms with Crippen LogP contribution in [0.5, 0.6) is 17.2 Å². The molecule has 0 saturated heterocycles. The molecule has 0 heterocycles. The van der Waals surface area contributed by atoms with Gasteiger partial charge in [-0.05, 0) is 66.1 Å². The Morgan fingerprint density at radius 1 is 0.893 bits per heavy atom. The Morgan fingerprint density at radius 2 is 1.54 bits per heavy atom. The molecule has 28 heavy (non-hydrogen) atoms. The zero-order valence-electron chi connectivity index (χ0n) is 15.9. The summed E-state index contributed by atoms with van der Waals surface area (Å²) in [5.41, 5.74) is 8.32. The van der Waals surface area contributed by atoms with Crippen molar-refractivity contribution in [2.75, 3.05) is 13.7 Å². The van der Waals surface area contributed by atoms with E-state index in [1.165, 1.54) is 0 Å². The molecule has 1 amide bonds. The van der Waals surface area contributed by atoms with Gasteiger partial charge in [-0.25, -0.2) is 0 Å². The zero-order valence-corrected chi connectivity index (χ0v) is 15.9. The Balaban J connectivity index is 1.49. The molecule has 3 rings (SSSR count). The largest absolute Gasteiger partial charge is 0.497 e. The van der Waals surface area contributed by atoms with Crippen molar-refractivity contribution in [3.63, 3.8) is 0 Å². The SMILES string of the molecule is COc1ccc(Oc2ccc(CCNC(=O)c3cccc(CN)c3)cc2)cc1. The molecule has 0 aromatic heterocycles. The van der Waals surface area contributed by atoms with Crippen molar-refractivity contribution in [2.24, 2.45) is 5.73 Å². The minimum Gasteiger partial charge on any atom is -0.497 e. The molecule has 0 saturated carbocycles. The van der Waals surface area contributed by atoms with Crippen LogP contribution in [0.2, 0.25) is 0 Å². The van der Waals surface area contributed by atoms with Crippen LogP contribution in [0.1, 0.15) is 21.5 Å². The van der Waals surface area contributed by atoms with Gasteiger partial charge in [0.25, 0.3) is 5.91 Å². The number of hydrogen-bond donors (Lipinski definition) is 2. The van der Waals surface area contributed by atoms with Crippen LogP contribution in [0.4, 0.5) is 0 Å². The van der Waals surface area contributed by atoms with E-state index in [0.29, 0.717) is 18.7 Å². The fourth-order valence-corrected chi connectivity index (χ4v) is 2.77. The van der Waals surface area contributed by atoms with Gasteiger partial charge in [0.2, 0.25) is 0 Å². The van der Waals surface area contributed by atoms with E-state index in [0.717, 1.165) is 34.8 Å². The van der Waals surface area contributed by atoms with Gasteiger partial charge in [-0.2, -0.15) is 0 Å². The summed E-state index contributed by atoms with van der Waals surface area (Å²) in [5.74, 6) is 2.21. The van der Waals surface area contributed by atoms with Crippen molar-refractivity contribution in [2.45, 2.75) is 13.0 Å². The molecule has 0 unspecified atom stereocenters. The number of hydrogen-bond acceptors (Lipinski definition) is 4. The van der Waals surface area contributed by atoms with Gasteiger partial charge in [-0.3, -0.25) is 4.79 Å². The number of carbonyl (C=O) groups excluding carboxylic acids is 1. The highest BCUT2D eigenvalue weighted by molar-refractivity contribution is 5.94. The number of carbonyl (C=O) groups is 1. The fourth-order valence-electron chi connectivity index (χ4n) is 2.77. The third-order valence-electron chi connectivity index (χ3n) is 4.34. The lowest BCUT2D eigenvalue weighted by molar-refractivity contribution is 0.0954. The van der Waals surface area contributed by atoms with E-state index >= 15 is 0 Å². The first-order valence-corrected chi connectivity index (χ1v) is 9.16. The molecule has 0 aliphatic heterocycles. The Labute approximate surface area is 165 Å². The number of benzene rings is 3. The molecule has 5 heteroatoms. The Hall–Kier alpha value is -3.31. The van der Waals surface area contributed by atoms with E-state index in [4.69, 9.17) is 15.2 Å². The van der Waals surface area contributed by atoms with Crippen molar-refractivity contribution in [1.29, 1.82) is 0 Å². The van der Waals surface area contributed by atoms with Gasteiger partial charge in [0, 0.05) is 18.7 Å². The molecule has 0 spiro atoms. The topological polar surface area (TPSA) is 73.6 Å². The van der Waals surface area contributed by atoms with E-state index in [2.05, 4.69) is 5.32 Å². The van der Waals surface area contributed by atoms with Gasteiger partial charge in [-0.1, -0.05) is 24.3 Å². The first-order chi connectivity index (χ1) is 13.7. The van der Waals surface area contributed by atoms with Gasteiger partial charge < -0.3 is 20.5 Å². The summed E-state index contributed by atoms with van der Waals surface area (Å²) < 4.78 is 11.0. The van der Waals surface area contributed by atoms with Crippen molar-refractivity contribution in [3.05, 3.63) is 89.5 Å². The molecule has 0 fully saturated rings. The van der Waals surface area contributed by atoms with Crippen LogP contribution in [0.25, 0.3) is 0 Å². The summed E-state index contributed by atoms with van der Waals surface area (Å²) in [4.78, 5) is 12.2. The molecule has 0 aliphatic rings. The van der Waals surface area contributed by atoms with Crippen LogP contribution in [0.15, 0.2) is 72.8 Å². The summed E-state index contributed by atoms with van der Waals surface area (Å²) in [7, 11) is 1.63. The lowest BCUT2D eigenvalue weighted by atomic mass is 10.1. The van der Waals surface area contributed by atoms with Crippen molar-refractivity contribution >= 4 is 5.91 Å². The highest BCUT2D eigenvalue weighted by atomic mass is 16.5. The number of amides is 1. The number of rotatable bonds is 8. The van der Waals surface area contributed by atoms with Gasteiger partial charge in [-0.15, -0.1) is 0 Å². The number of ether oxygens (including phenoxy) is 2. The molecule has 5 nitrogen and oxygen atoms in total. The predicted molar refractivity (Wildman–Crippen MR) is 110 cm³/mol. The maximum Gasteiger partial charge on any atom is 0.251 e. The maximum atomic E-state index is 12.2. The molecule has 0 atom stereocenters. The van der Waals surface area contributed by atoms with Crippen LogP contribution in [-0.4, -0.2) is 19.6 Å². The van der Waals surface area contributed by atoms with E-state index in [1.54, 1.807) is 13.2 Å². The van der Waals surface area contributed by atoms with E-state index in [9.17, 15) is 4.79 Å². The lowest BCUT2D eigenvalue weighted by Crippen LogP contribution is -2.25. The molecule has 3 aromatic rings. The second kappa shape index (κ2) is 9.58. The summed E-state index contributed by atoms with van der Waals surface area (Å²) in [6.45, 7) is 0.983. The average molecular weight is 376 g/mol. The van der Waals surface area contributed by atoms with Crippen LogP contribution < -0.4 is 20.5 Å². The third kappa shape index (κ3) is 5.34. The molecular weight excluding hydrogens is 352 g/mol. The maximum absolute atomic E-state index is 12.2. The first kappa shape index (κ1) is 19.5. The smallest absolute Gasteiger partial charge is 0.251 e. The lowest BCUT2D eigenvalue weighted by Gasteiger charge is -2.09. The summed E-state index contributed by atoms with van der Waals surface area (Å²) in [5, 5.41) is 2.94. The van der Waals surface area contributed by atoms with E-state index in [1.807, 2.05) is 66.7 Å². The molecule has 3 N–H and O–H groups in total. The van der Waals surface area contributed by atoms with Crippen LogP contribution in [0.3, 0.4) is 0 Å². The molecular formula is C23H24N2O3. The highest BCUT2D eigenvalue weighted by Gasteiger charge is 2.05. The highest BCUT2D eigenvalue weighted by Crippen LogP contribution is 2.24. The van der Waals surface area contributed by atoms with Crippen LogP contribution in [-0.2, 0) is 13.0 Å². The average Bonchev–Trinajstić information content (AvgIpc) is 2.75. The minimum atomic E-state index is -0.0882. The molecule has 0 aliphatic carbocycles. The molecule has 0 radical (unpaired) electrons. The zero-order chi connectivity index (χ0) is 19.8. The number of nitrogens with one attached hydrogen (secondary N) is 1.